The van der Waals surface area contributed by atoms with Crippen molar-refractivity contribution in [2.75, 3.05) is 11.9 Å². The molecule has 2 aromatic rings. The Bertz CT molecular complexity index is 702. The van der Waals surface area contributed by atoms with Gasteiger partial charge in [-0.2, -0.15) is 5.10 Å². The van der Waals surface area contributed by atoms with Gasteiger partial charge in [-0.05, 0) is 31.4 Å². The predicted octanol–water partition coefficient (Wildman–Crippen LogP) is 5.19. The van der Waals surface area contributed by atoms with Gasteiger partial charge >= 0.3 is 0 Å². The van der Waals surface area contributed by atoms with Crippen molar-refractivity contribution in [1.82, 2.24) is 9.78 Å². The molecule has 0 atom stereocenters. The van der Waals surface area contributed by atoms with Crippen LogP contribution in [0.4, 0.5) is 5.82 Å². The minimum Gasteiger partial charge on any atom is -0.369 e. The van der Waals surface area contributed by atoms with E-state index < -0.39 is 0 Å². The number of halogens is 2. The maximum Gasteiger partial charge on any atom is 0.133 e. The molecule has 2 heterocycles. The molecule has 5 heteroatoms. The highest BCUT2D eigenvalue weighted by Gasteiger charge is 2.29. The summed E-state index contributed by atoms with van der Waals surface area (Å²) in [5.41, 5.74) is 3.51. The van der Waals surface area contributed by atoms with E-state index in [9.17, 15) is 0 Å². The minimum absolute atomic E-state index is 0.568. The highest BCUT2D eigenvalue weighted by molar-refractivity contribution is 6.43. The fraction of sp³-hybridized carbons (Fsp3) is 0.471. The smallest absolute Gasteiger partial charge is 0.133 e. The summed E-state index contributed by atoms with van der Waals surface area (Å²) in [6.07, 6.45) is 7.56. The number of nitrogens with one attached hydrogen (secondary N) is 1. The largest absolute Gasteiger partial charge is 0.369 e. The number of hydrogen-bond acceptors (Lipinski definition) is 2. The van der Waals surface area contributed by atoms with Crippen LogP contribution < -0.4 is 5.32 Å². The molecule has 0 spiro atoms. The first-order valence-corrected chi connectivity index (χ1v) is 8.81. The number of hydrogen-bond donors (Lipinski definition) is 1. The van der Waals surface area contributed by atoms with Gasteiger partial charge in [-0.3, -0.25) is 0 Å². The molecule has 1 aliphatic carbocycles. The average molecular weight is 336 g/mol. The highest BCUT2D eigenvalue weighted by atomic mass is 35.5. The molecule has 1 fully saturated rings. The van der Waals surface area contributed by atoms with E-state index in [-0.39, 0.29) is 0 Å². The Balaban J connectivity index is 1.82. The zero-order valence-corrected chi connectivity index (χ0v) is 13.9. The molecule has 1 aromatic heterocycles. The molecule has 1 aromatic carbocycles. The van der Waals surface area contributed by atoms with Crippen molar-refractivity contribution in [3.8, 4) is 5.69 Å². The van der Waals surface area contributed by atoms with E-state index in [1.54, 1.807) is 0 Å². The SMILES string of the molecule is Clc1cccc(-n2nc(C3CCCCC3)c3c2NCC3)c1Cl. The number of fused-ring (bicyclic) bond motifs is 1. The molecule has 1 aliphatic heterocycles. The average Bonchev–Trinajstić information content (AvgIpc) is 3.13. The van der Waals surface area contributed by atoms with Crippen LogP contribution in [0.1, 0.15) is 49.3 Å². The van der Waals surface area contributed by atoms with Gasteiger partial charge in [0.2, 0.25) is 0 Å². The highest BCUT2D eigenvalue weighted by Crippen LogP contribution is 2.40. The van der Waals surface area contributed by atoms with Crippen LogP contribution in [0.15, 0.2) is 18.2 Å². The van der Waals surface area contributed by atoms with Crippen molar-refractivity contribution in [3.63, 3.8) is 0 Å². The Morgan fingerprint density at radius 1 is 1.14 bits per heavy atom. The van der Waals surface area contributed by atoms with Crippen LogP contribution in [-0.4, -0.2) is 16.3 Å². The van der Waals surface area contributed by atoms with E-state index in [2.05, 4.69) is 5.32 Å². The normalized spacial score (nSPS) is 18.3. The molecule has 0 bridgehead atoms. The second-order valence-electron chi connectivity index (χ2n) is 6.21. The second kappa shape index (κ2) is 5.78. The lowest BCUT2D eigenvalue weighted by Gasteiger charge is -2.20. The van der Waals surface area contributed by atoms with Gasteiger partial charge in [-0.15, -0.1) is 0 Å². The second-order valence-corrected chi connectivity index (χ2v) is 6.99. The Kier molecular flexibility index (Phi) is 3.79. The third-order valence-corrected chi connectivity index (χ3v) is 5.64. The van der Waals surface area contributed by atoms with Crippen LogP contribution in [0.5, 0.6) is 0 Å². The van der Waals surface area contributed by atoms with Gasteiger partial charge in [0, 0.05) is 18.0 Å². The lowest BCUT2D eigenvalue weighted by molar-refractivity contribution is 0.433. The maximum atomic E-state index is 6.40. The zero-order valence-electron chi connectivity index (χ0n) is 12.4. The standard InChI is InChI=1S/C17H19Cl2N3/c18-13-7-4-8-14(15(13)19)22-17-12(9-10-20-17)16(21-22)11-5-2-1-3-6-11/h4,7-8,11,20H,1-3,5-6,9-10H2. The van der Waals surface area contributed by atoms with E-state index >= 15 is 0 Å². The number of aromatic nitrogens is 2. The first-order chi connectivity index (χ1) is 10.8. The van der Waals surface area contributed by atoms with Gasteiger partial charge in [0.05, 0.1) is 21.4 Å². The van der Waals surface area contributed by atoms with Crippen molar-refractivity contribution in [2.45, 2.75) is 44.4 Å². The number of rotatable bonds is 2. The third-order valence-electron chi connectivity index (χ3n) is 4.83. The Labute approximate surface area is 140 Å². The van der Waals surface area contributed by atoms with Crippen molar-refractivity contribution >= 4 is 29.0 Å². The lowest BCUT2D eigenvalue weighted by atomic mass is 9.85. The molecule has 116 valence electrons. The van der Waals surface area contributed by atoms with Crippen LogP contribution in [-0.2, 0) is 6.42 Å². The van der Waals surface area contributed by atoms with E-state index in [1.807, 2.05) is 22.9 Å². The topological polar surface area (TPSA) is 29.9 Å². The summed E-state index contributed by atoms with van der Waals surface area (Å²) >= 11 is 12.6. The molecule has 1 N–H and O–H groups in total. The zero-order chi connectivity index (χ0) is 15.1. The van der Waals surface area contributed by atoms with E-state index in [0.717, 1.165) is 24.5 Å². The van der Waals surface area contributed by atoms with Crippen LogP contribution in [0.3, 0.4) is 0 Å². The summed E-state index contributed by atoms with van der Waals surface area (Å²) in [5, 5.41) is 9.55. The van der Waals surface area contributed by atoms with Crippen LogP contribution >= 0.6 is 23.2 Å². The fourth-order valence-electron chi connectivity index (χ4n) is 3.74. The molecule has 4 rings (SSSR count). The number of anilines is 1. The summed E-state index contributed by atoms with van der Waals surface area (Å²) in [6.45, 7) is 0.977. The maximum absolute atomic E-state index is 6.40. The summed E-state index contributed by atoms with van der Waals surface area (Å²) in [4.78, 5) is 0. The van der Waals surface area contributed by atoms with Gasteiger partial charge in [-0.1, -0.05) is 48.5 Å². The summed E-state index contributed by atoms with van der Waals surface area (Å²) in [6, 6.07) is 5.71. The predicted molar refractivity (Wildman–Crippen MR) is 91.6 cm³/mol. The molecule has 0 saturated heterocycles. The fourth-order valence-corrected chi connectivity index (χ4v) is 4.11. The Morgan fingerprint density at radius 3 is 2.77 bits per heavy atom. The number of nitrogens with zero attached hydrogens (tertiary/aromatic N) is 2. The quantitative estimate of drug-likeness (QED) is 0.817. The molecular weight excluding hydrogens is 317 g/mol. The molecule has 0 amide bonds. The van der Waals surface area contributed by atoms with Crippen LogP contribution in [0.25, 0.3) is 5.69 Å². The van der Waals surface area contributed by atoms with Crippen molar-refractivity contribution in [2.24, 2.45) is 0 Å². The minimum atomic E-state index is 0.568. The van der Waals surface area contributed by atoms with Gasteiger partial charge < -0.3 is 5.32 Å². The Hall–Kier alpha value is -1.19. The van der Waals surface area contributed by atoms with E-state index in [4.69, 9.17) is 28.3 Å². The summed E-state index contributed by atoms with van der Waals surface area (Å²) in [7, 11) is 0. The monoisotopic (exact) mass is 335 g/mol. The summed E-state index contributed by atoms with van der Waals surface area (Å²) < 4.78 is 1.96. The first-order valence-electron chi connectivity index (χ1n) is 8.06. The molecule has 1 saturated carbocycles. The first kappa shape index (κ1) is 14.4. The molecule has 22 heavy (non-hydrogen) atoms. The lowest BCUT2D eigenvalue weighted by Crippen LogP contribution is -2.10. The molecular formula is C17H19Cl2N3. The molecule has 0 unspecified atom stereocenters. The van der Waals surface area contributed by atoms with Crippen molar-refractivity contribution in [3.05, 3.63) is 39.5 Å². The van der Waals surface area contributed by atoms with Crippen LogP contribution in [0, 0.1) is 0 Å². The molecule has 0 radical (unpaired) electrons. The van der Waals surface area contributed by atoms with Gasteiger partial charge in [0.25, 0.3) is 0 Å². The van der Waals surface area contributed by atoms with Gasteiger partial charge in [0.1, 0.15) is 5.82 Å². The number of benzene rings is 1. The van der Waals surface area contributed by atoms with E-state index in [1.165, 1.54) is 43.4 Å². The van der Waals surface area contributed by atoms with Crippen molar-refractivity contribution < 1.29 is 0 Å². The van der Waals surface area contributed by atoms with Gasteiger partial charge in [0.15, 0.2) is 0 Å². The van der Waals surface area contributed by atoms with Crippen molar-refractivity contribution in [1.29, 1.82) is 0 Å². The van der Waals surface area contributed by atoms with Crippen LogP contribution in [0.2, 0.25) is 10.0 Å². The van der Waals surface area contributed by atoms with Gasteiger partial charge in [-0.25, -0.2) is 4.68 Å². The Morgan fingerprint density at radius 2 is 1.95 bits per heavy atom. The summed E-state index contributed by atoms with van der Waals surface area (Å²) in [5.74, 6) is 1.70. The third kappa shape index (κ3) is 2.31. The molecule has 2 aliphatic rings. The van der Waals surface area contributed by atoms with E-state index in [0.29, 0.717) is 16.0 Å². The molecule has 3 nitrogen and oxygen atoms in total.